The molecule has 2 rings (SSSR count). The second-order valence-electron chi connectivity index (χ2n) is 4.57. The Morgan fingerprint density at radius 1 is 1.50 bits per heavy atom. The van der Waals surface area contributed by atoms with Crippen LogP contribution in [0.2, 0.25) is 0 Å². The molecule has 0 bridgehead atoms. The van der Waals surface area contributed by atoms with Crippen LogP contribution in [0.3, 0.4) is 0 Å². The maximum Gasteiger partial charge on any atom is 0.256 e. The number of amides is 1. The third-order valence-electron chi connectivity index (χ3n) is 3.17. The highest BCUT2D eigenvalue weighted by molar-refractivity contribution is 6.04. The monoisotopic (exact) mass is 268 g/mol. The van der Waals surface area contributed by atoms with Crippen LogP contribution in [0.1, 0.15) is 42.2 Å². The fourth-order valence-corrected chi connectivity index (χ4v) is 1.86. The Morgan fingerprint density at radius 3 is 3.00 bits per heavy atom. The fraction of sp³-hybridized carbons (Fsp3) is 0.267. The van der Waals surface area contributed by atoms with E-state index in [0.29, 0.717) is 16.9 Å². The SMILES string of the molecule is CCC(C)n1nccc1NC(=O)c1cccc(C#N)c1. The van der Waals surface area contributed by atoms with Gasteiger partial charge in [0.25, 0.3) is 5.91 Å². The summed E-state index contributed by atoms with van der Waals surface area (Å²) in [6.07, 6.45) is 2.59. The first-order valence-corrected chi connectivity index (χ1v) is 6.50. The van der Waals surface area contributed by atoms with Gasteiger partial charge in [0.1, 0.15) is 5.82 Å². The molecule has 1 atom stereocenters. The zero-order valence-electron chi connectivity index (χ0n) is 11.5. The first kappa shape index (κ1) is 13.8. The number of anilines is 1. The van der Waals surface area contributed by atoms with E-state index in [-0.39, 0.29) is 11.9 Å². The van der Waals surface area contributed by atoms with Gasteiger partial charge in [-0.3, -0.25) is 4.79 Å². The summed E-state index contributed by atoms with van der Waals surface area (Å²) in [6.45, 7) is 4.10. The van der Waals surface area contributed by atoms with Crippen molar-refractivity contribution < 1.29 is 4.79 Å². The van der Waals surface area contributed by atoms with Gasteiger partial charge >= 0.3 is 0 Å². The number of carbonyl (C=O) groups excluding carboxylic acids is 1. The lowest BCUT2D eigenvalue weighted by Gasteiger charge is -2.14. The van der Waals surface area contributed by atoms with Crippen LogP contribution in [-0.2, 0) is 0 Å². The van der Waals surface area contributed by atoms with Gasteiger partial charge in [-0.15, -0.1) is 0 Å². The lowest BCUT2D eigenvalue weighted by atomic mass is 10.1. The van der Waals surface area contributed by atoms with Crippen LogP contribution in [0.4, 0.5) is 5.82 Å². The molecule has 20 heavy (non-hydrogen) atoms. The van der Waals surface area contributed by atoms with Crippen LogP contribution in [0.15, 0.2) is 36.5 Å². The number of nitriles is 1. The van der Waals surface area contributed by atoms with Crippen LogP contribution < -0.4 is 5.32 Å². The molecule has 0 spiro atoms. The second-order valence-corrected chi connectivity index (χ2v) is 4.57. The number of aromatic nitrogens is 2. The van der Waals surface area contributed by atoms with Crippen LogP contribution in [-0.4, -0.2) is 15.7 Å². The van der Waals surface area contributed by atoms with Gasteiger partial charge in [-0.1, -0.05) is 13.0 Å². The van der Waals surface area contributed by atoms with Gasteiger partial charge in [0.15, 0.2) is 0 Å². The first-order chi connectivity index (χ1) is 9.65. The van der Waals surface area contributed by atoms with E-state index in [4.69, 9.17) is 5.26 Å². The molecule has 1 N–H and O–H groups in total. The van der Waals surface area contributed by atoms with Gasteiger partial charge in [-0.2, -0.15) is 10.4 Å². The van der Waals surface area contributed by atoms with Crippen molar-refractivity contribution in [2.24, 2.45) is 0 Å². The summed E-state index contributed by atoms with van der Waals surface area (Å²) in [5.41, 5.74) is 0.925. The Bertz CT molecular complexity index is 654. The summed E-state index contributed by atoms with van der Waals surface area (Å²) in [5.74, 6) is 0.416. The molecule has 1 amide bonds. The number of nitrogens with zero attached hydrogens (tertiary/aromatic N) is 3. The van der Waals surface area contributed by atoms with E-state index in [2.05, 4.69) is 17.3 Å². The van der Waals surface area contributed by atoms with Crippen LogP contribution in [0, 0.1) is 11.3 Å². The van der Waals surface area contributed by atoms with Gasteiger partial charge in [0.2, 0.25) is 0 Å². The normalized spacial score (nSPS) is 11.7. The molecule has 5 heteroatoms. The quantitative estimate of drug-likeness (QED) is 0.926. The third-order valence-corrected chi connectivity index (χ3v) is 3.17. The first-order valence-electron chi connectivity index (χ1n) is 6.50. The summed E-state index contributed by atoms with van der Waals surface area (Å²) in [6, 6.07) is 10.6. The van der Waals surface area contributed by atoms with E-state index in [1.165, 1.54) is 0 Å². The largest absolute Gasteiger partial charge is 0.307 e. The lowest BCUT2D eigenvalue weighted by Crippen LogP contribution is -2.17. The van der Waals surface area contributed by atoms with Crippen LogP contribution >= 0.6 is 0 Å². The Labute approximate surface area is 117 Å². The van der Waals surface area contributed by atoms with Crippen molar-refractivity contribution in [1.82, 2.24) is 9.78 Å². The number of carbonyl (C=O) groups is 1. The molecule has 0 aliphatic carbocycles. The molecule has 0 radical (unpaired) electrons. The summed E-state index contributed by atoms with van der Waals surface area (Å²) >= 11 is 0. The van der Waals surface area contributed by atoms with Gasteiger partial charge in [0, 0.05) is 11.6 Å². The van der Waals surface area contributed by atoms with Crippen LogP contribution in [0.5, 0.6) is 0 Å². The predicted molar refractivity (Wildman–Crippen MR) is 76.3 cm³/mol. The standard InChI is InChI=1S/C15H16N4O/c1-3-11(2)19-14(7-8-17-19)18-15(20)13-6-4-5-12(9-13)10-16/h4-9,11H,3H2,1-2H3,(H,18,20). The van der Waals surface area contributed by atoms with Gasteiger partial charge < -0.3 is 5.32 Å². The number of hydrogen-bond donors (Lipinski definition) is 1. The predicted octanol–water partition coefficient (Wildman–Crippen LogP) is 2.98. The number of hydrogen-bond acceptors (Lipinski definition) is 3. The molecule has 1 aromatic heterocycles. The molecular weight excluding hydrogens is 252 g/mol. The summed E-state index contributed by atoms with van der Waals surface area (Å²) in [4.78, 5) is 12.2. The summed E-state index contributed by atoms with van der Waals surface area (Å²) in [7, 11) is 0. The van der Waals surface area contributed by atoms with E-state index in [1.54, 1.807) is 41.2 Å². The molecule has 102 valence electrons. The molecule has 5 nitrogen and oxygen atoms in total. The zero-order valence-corrected chi connectivity index (χ0v) is 11.5. The van der Waals surface area contributed by atoms with Crippen molar-refractivity contribution in [3.63, 3.8) is 0 Å². The average Bonchev–Trinajstić information content (AvgIpc) is 2.94. The molecule has 1 aromatic carbocycles. The van der Waals surface area contributed by atoms with Crippen molar-refractivity contribution in [3.05, 3.63) is 47.7 Å². The molecule has 0 fully saturated rings. The minimum absolute atomic E-state index is 0.214. The molecule has 0 aliphatic rings. The van der Waals surface area contributed by atoms with Crippen molar-refractivity contribution in [1.29, 1.82) is 5.26 Å². The van der Waals surface area contributed by atoms with E-state index in [1.807, 2.05) is 13.0 Å². The fourth-order valence-electron chi connectivity index (χ4n) is 1.86. The minimum Gasteiger partial charge on any atom is -0.307 e. The third kappa shape index (κ3) is 2.86. The Morgan fingerprint density at radius 2 is 2.30 bits per heavy atom. The maximum absolute atomic E-state index is 12.2. The molecule has 1 heterocycles. The molecule has 1 unspecified atom stereocenters. The zero-order chi connectivity index (χ0) is 14.5. The van der Waals surface area contributed by atoms with E-state index in [9.17, 15) is 4.79 Å². The van der Waals surface area contributed by atoms with E-state index >= 15 is 0 Å². The second kappa shape index (κ2) is 6.02. The molecule has 2 aromatic rings. The molecule has 0 saturated carbocycles. The van der Waals surface area contributed by atoms with Gasteiger partial charge in [-0.05, 0) is 31.5 Å². The molecule has 0 aliphatic heterocycles. The van der Waals surface area contributed by atoms with E-state index in [0.717, 1.165) is 6.42 Å². The Kier molecular flexibility index (Phi) is 4.16. The summed E-state index contributed by atoms with van der Waals surface area (Å²) < 4.78 is 1.78. The number of benzene rings is 1. The van der Waals surface area contributed by atoms with Crippen molar-refractivity contribution in [2.75, 3.05) is 5.32 Å². The van der Waals surface area contributed by atoms with Gasteiger partial charge in [0.05, 0.1) is 23.9 Å². The Hall–Kier alpha value is -2.61. The highest BCUT2D eigenvalue weighted by Gasteiger charge is 2.12. The molecular formula is C15H16N4O. The van der Waals surface area contributed by atoms with Crippen molar-refractivity contribution in [2.45, 2.75) is 26.3 Å². The van der Waals surface area contributed by atoms with Crippen molar-refractivity contribution >= 4 is 11.7 Å². The van der Waals surface area contributed by atoms with Crippen molar-refractivity contribution in [3.8, 4) is 6.07 Å². The number of rotatable bonds is 4. The molecule has 0 saturated heterocycles. The topological polar surface area (TPSA) is 70.7 Å². The number of nitrogens with one attached hydrogen (secondary N) is 1. The lowest BCUT2D eigenvalue weighted by molar-refractivity contribution is 0.102. The van der Waals surface area contributed by atoms with Crippen LogP contribution in [0.25, 0.3) is 0 Å². The van der Waals surface area contributed by atoms with Gasteiger partial charge in [-0.25, -0.2) is 4.68 Å². The minimum atomic E-state index is -0.243. The average molecular weight is 268 g/mol. The maximum atomic E-state index is 12.2. The highest BCUT2D eigenvalue weighted by Crippen LogP contribution is 2.17. The summed E-state index contributed by atoms with van der Waals surface area (Å²) in [5, 5.41) is 15.9. The smallest absolute Gasteiger partial charge is 0.256 e. The van der Waals surface area contributed by atoms with E-state index < -0.39 is 0 Å². The Balaban J connectivity index is 2.20. The highest BCUT2D eigenvalue weighted by atomic mass is 16.1.